The minimum Gasteiger partial charge on any atom is -0.487 e. The standard InChI is InChI=1S/C10H10Br2N2O/c11-8-5-7-9(10(12)13-8)15-4-3-14(7)6-1-2-6/h5-6H,1-4H2. The first-order valence-electron chi connectivity index (χ1n) is 5.01. The number of fused-ring (bicyclic) bond motifs is 1. The van der Waals surface area contributed by atoms with Gasteiger partial charge >= 0.3 is 0 Å². The summed E-state index contributed by atoms with van der Waals surface area (Å²) >= 11 is 6.85. The quantitative estimate of drug-likeness (QED) is 0.739. The molecule has 5 heteroatoms. The molecular weight excluding hydrogens is 324 g/mol. The maximum absolute atomic E-state index is 5.65. The molecule has 0 bridgehead atoms. The molecule has 15 heavy (non-hydrogen) atoms. The summed E-state index contributed by atoms with van der Waals surface area (Å²) in [6.45, 7) is 1.74. The zero-order valence-electron chi connectivity index (χ0n) is 8.04. The van der Waals surface area contributed by atoms with Crippen molar-refractivity contribution >= 4 is 37.5 Å². The Morgan fingerprint density at radius 3 is 2.93 bits per heavy atom. The second-order valence-corrected chi connectivity index (χ2v) is 5.42. The summed E-state index contributed by atoms with van der Waals surface area (Å²) in [5.74, 6) is 0.886. The van der Waals surface area contributed by atoms with Crippen molar-refractivity contribution in [3.8, 4) is 5.75 Å². The van der Waals surface area contributed by atoms with Crippen molar-refractivity contribution < 1.29 is 4.74 Å². The number of hydrogen-bond acceptors (Lipinski definition) is 3. The van der Waals surface area contributed by atoms with Crippen LogP contribution in [0.15, 0.2) is 15.3 Å². The Hall–Kier alpha value is -0.290. The first-order valence-corrected chi connectivity index (χ1v) is 6.60. The Labute approximate surface area is 105 Å². The summed E-state index contributed by atoms with van der Waals surface area (Å²) in [7, 11) is 0. The average Bonchev–Trinajstić information content (AvgIpc) is 3.00. The molecule has 0 spiro atoms. The van der Waals surface area contributed by atoms with Gasteiger partial charge in [-0.05, 0) is 50.8 Å². The number of pyridine rings is 1. The number of hydrogen-bond donors (Lipinski definition) is 0. The third kappa shape index (κ3) is 1.76. The lowest BCUT2D eigenvalue weighted by molar-refractivity contribution is 0.303. The SMILES string of the molecule is Brc1cc2c(c(Br)n1)OCCN2C1CC1. The molecular formula is C10H10Br2N2O. The van der Waals surface area contributed by atoms with Crippen molar-refractivity contribution in [2.24, 2.45) is 0 Å². The van der Waals surface area contributed by atoms with Crippen molar-refractivity contribution in [2.75, 3.05) is 18.1 Å². The normalized spacial score (nSPS) is 19.7. The summed E-state index contributed by atoms with van der Waals surface area (Å²) in [6.07, 6.45) is 2.61. The van der Waals surface area contributed by atoms with Crippen LogP contribution < -0.4 is 9.64 Å². The van der Waals surface area contributed by atoms with Gasteiger partial charge in [-0.25, -0.2) is 4.98 Å². The number of halogens is 2. The fourth-order valence-corrected chi connectivity index (χ4v) is 3.08. The van der Waals surface area contributed by atoms with Gasteiger partial charge in [-0.2, -0.15) is 0 Å². The van der Waals surface area contributed by atoms with Crippen molar-refractivity contribution in [1.29, 1.82) is 0 Å². The van der Waals surface area contributed by atoms with E-state index in [1.807, 2.05) is 6.07 Å². The van der Waals surface area contributed by atoms with Gasteiger partial charge in [0.2, 0.25) is 0 Å². The van der Waals surface area contributed by atoms with Gasteiger partial charge in [0.05, 0.1) is 12.2 Å². The van der Waals surface area contributed by atoms with Crippen LogP contribution in [-0.4, -0.2) is 24.2 Å². The van der Waals surface area contributed by atoms with Crippen LogP contribution in [0.4, 0.5) is 5.69 Å². The average molecular weight is 334 g/mol. The predicted octanol–water partition coefficient (Wildman–Crippen LogP) is 2.97. The van der Waals surface area contributed by atoms with Crippen LogP contribution in [0.5, 0.6) is 5.75 Å². The van der Waals surface area contributed by atoms with Crippen molar-refractivity contribution in [2.45, 2.75) is 18.9 Å². The number of aromatic nitrogens is 1. The van der Waals surface area contributed by atoms with Crippen LogP contribution in [0.1, 0.15) is 12.8 Å². The van der Waals surface area contributed by atoms with Crippen molar-refractivity contribution in [3.63, 3.8) is 0 Å². The molecule has 0 saturated heterocycles. The molecule has 3 nitrogen and oxygen atoms in total. The monoisotopic (exact) mass is 332 g/mol. The maximum atomic E-state index is 5.65. The van der Waals surface area contributed by atoms with E-state index >= 15 is 0 Å². The molecule has 1 aromatic heterocycles. The van der Waals surface area contributed by atoms with Crippen LogP contribution in [-0.2, 0) is 0 Å². The number of anilines is 1. The Bertz CT molecular complexity index is 407. The van der Waals surface area contributed by atoms with E-state index in [9.17, 15) is 0 Å². The maximum Gasteiger partial charge on any atom is 0.175 e. The third-order valence-electron chi connectivity index (χ3n) is 2.76. The van der Waals surface area contributed by atoms with Crippen molar-refractivity contribution in [3.05, 3.63) is 15.3 Å². The summed E-state index contributed by atoms with van der Waals surface area (Å²) in [4.78, 5) is 6.71. The smallest absolute Gasteiger partial charge is 0.175 e. The van der Waals surface area contributed by atoms with Crippen LogP contribution in [0.25, 0.3) is 0 Å². The van der Waals surface area contributed by atoms with Gasteiger partial charge in [0, 0.05) is 6.04 Å². The lowest BCUT2D eigenvalue weighted by Gasteiger charge is -2.31. The Kier molecular flexibility index (Phi) is 2.39. The van der Waals surface area contributed by atoms with Crippen LogP contribution in [0, 0.1) is 0 Å². The third-order valence-corrected chi connectivity index (χ3v) is 3.70. The Morgan fingerprint density at radius 1 is 1.40 bits per heavy atom. The molecule has 1 fully saturated rings. The van der Waals surface area contributed by atoms with E-state index in [-0.39, 0.29) is 0 Å². The van der Waals surface area contributed by atoms with Crippen LogP contribution in [0.2, 0.25) is 0 Å². The second-order valence-electron chi connectivity index (χ2n) is 3.86. The van der Waals surface area contributed by atoms with Gasteiger partial charge in [-0.15, -0.1) is 0 Å². The van der Waals surface area contributed by atoms with E-state index in [2.05, 4.69) is 41.7 Å². The van der Waals surface area contributed by atoms with E-state index in [1.54, 1.807) is 0 Å². The van der Waals surface area contributed by atoms with E-state index in [0.29, 0.717) is 6.04 Å². The van der Waals surface area contributed by atoms with Gasteiger partial charge in [0.15, 0.2) is 10.4 Å². The van der Waals surface area contributed by atoms with E-state index in [1.165, 1.54) is 12.8 Å². The highest BCUT2D eigenvalue weighted by molar-refractivity contribution is 9.11. The molecule has 80 valence electrons. The minimum atomic E-state index is 0.717. The number of rotatable bonds is 1. The van der Waals surface area contributed by atoms with Crippen molar-refractivity contribution in [1.82, 2.24) is 4.98 Å². The number of ether oxygens (including phenoxy) is 1. The Morgan fingerprint density at radius 2 is 2.20 bits per heavy atom. The fraction of sp³-hybridized carbons (Fsp3) is 0.500. The molecule has 0 radical (unpaired) electrons. The molecule has 1 aliphatic carbocycles. The molecule has 3 rings (SSSR count). The van der Waals surface area contributed by atoms with E-state index in [4.69, 9.17) is 4.74 Å². The Balaban J connectivity index is 2.08. The fourth-order valence-electron chi connectivity index (χ4n) is 1.94. The largest absolute Gasteiger partial charge is 0.487 e. The summed E-state index contributed by atoms with van der Waals surface area (Å²) in [6, 6.07) is 2.76. The molecule has 2 aliphatic rings. The van der Waals surface area contributed by atoms with Gasteiger partial charge in [0.25, 0.3) is 0 Å². The lowest BCUT2D eigenvalue weighted by Crippen LogP contribution is -2.34. The van der Waals surface area contributed by atoms with Gasteiger partial charge in [0.1, 0.15) is 11.2 Å². The molecule has 1 aromatic rings. The zero-order valence-corrected chi connectivity index (χ0v) is 11.2. The minimum absolute atomic E-state index is 0.717. The lowest BCUT2D eigenvalue weighted by atomic mass is 10.3. The van der Waals surface area contributed by atoms with Gasteiger partial charge < -0.3 is 9.64 Å². The molecule has 1 aliphatic heterocycles. The van der Waals surface area contributed by atoms with E-state index < -0.39 is 0 Å². The summed E-state index contributed by atoms with van der Waals surface area (Å²) in [5, 5.41) is 0. The molecule has 0 atom stereocenters. The highest BCUT2D eigenvalue weighted by Gasteiger charge is 2.33. The molecule has 0 amide bonds. The van der Waals surface area contributed by atoms with Gasteiger partial charge in [-0.1, -0.05) is 0 Å². The zero-order chi connectivity index (χ0) is 10.4. The van der Waals surface area contributed by atoms with Crippen LogP contribution >= 0.6 is 31.9 Å². The highest BCUT2D eigenvalue weighted by Crippen LogP contribution is 2.43. The summed E-state index contributed by atoms with van der Waals surface area (Å²) < 4.78 is 7.29. The summed E-state index contributed by atoms with van der Waals surface area (Å²) in [5.41, 5.74) is 1.16. The van der Waals surface area contributed by atoms with E-state index in [0.717, 1.165) is 33.8 Å². The van der Waals surface area contributed by atoms with Gasteiger partial charge in [-0.3, -0.25) is 0 Å². The first-order chi connectivity index (χ1) is 7.25. The number of nitrogens with zero attached hydrogens (tertiary/aromatic N) is 2. The van der Waals surface area contributed by atoms with Crippen LogP contribution in [0.3, 0.4) is 0 Å². The molecule has 0 unspecified atom stereocenters. The second kappa shape index (κ2) is 3.63. The molecule has 2 heterocycles. The molecule has 1 saturated carbocycles. The molecule has 0 aromatic carbocycles. The molecule has 0 N–H and O–H groups in total. The first kappa shape index (κ1) is 9.90. The topological polar surface area (TPSA) is 25.4 Å². The highest BCUT2D eigenvalue weighted by atomic mass is 79.9. The predicted molar refractivity (Wildman–Crippen MR) is 65.5 cm³/mol.